The second kappa shape index (κ2) is 8.15. The van der Waals surface area contributed by atoms with Gasteiger partial charge in [-0.15, -0.1) is 0 Å². The van der Waals surface area contributed by atoms with Crippen LogP contribution in [0.25, 0.3) is 0 Å². The Labute approximate surface area is 161 Å². The molecule has 1 unspecified atom stereocenters. The highest BCUT2D eigenvalue weighted by Crippen LogP contribution is 2.33. The maximum Gasteiger partial charge on any atom is 0.315 e. The molecular weight excluding hydrogens is 340 g/mol. The number of esters is 1. The number of carbonyl (C=O) groups is 2. The quantitative estimate of drug-likeness (QED) is 0.534. The third-order valence-electron chi connectivity index (χ3n) is 5.22. The topological polar surface area (TPSA) is 53.2 Å². The molecule has 2 aromatic rings. The summed E-state index contributed by atoms with van der Waals surface area (Å²) in [6, 6.07) is 5.82. The zero-order chi connectivity index (χ0) is 19.6. The smallest absolute Gasteiger partial charge is 0.315 e. The summed E-state index contributed by atoms with van der Waals surface area (Å²) < 4.78 is 9.54. The van der Waals surface area contributed by atoms with Crippen LogP contribution in [0.15, 0.2) is 24.4 Å². The largest absolute Gasteiger partial charge is 0.462 e. The number of ether oxygens (including phenoxy) is 1. The predicted octanol–water partition coefficient (Wildman–Crippen LogP) is 4.46. The van der Waals surface area contributed by atoms with Gasteiger partial charge >= 0.3 is 5.97 Å². The number of fused-ring (bicyclic) bond motifs is 1. The molecule has 0 bridgehead atoms. The zero-order valence-electron chi connectivity index (χ0n) is 16.8. The summed E-state index contributed by atoms with van der Waals surface area (Å²) in [5.41, 5.74) is 3.28. The van der Waals surface area contributed by atoms with Gasteiger partial charge in [-0.1, -0.05) is 13.3 Å². The van der Waals surface area contributed by atoms with Gasteiger partial charge in [0.2, 0.25) is 5.78 Å². The fraction of sp³-hybridized carbons (Fsp3) is 0.545. The molecule has 0 radical (unpaired) electrons. The van der Waals surface area contributed by atoms with E-state index in [1.807, 2.05) is 54.3 Å². The van der Waals surface area contributed by atoms with E-state index in [0.29, 0.717) is 5.69 Å². The number of unbranched alkanes of at least 4 members (excludes halogenated alkanes) is 1. The number of ketones is 1. The van der Waals surface area contributed by atoms with E-state index in [4.69, 9.17) is 4.74 Å². The molecule has 0 fully saturated rings. The lowest BCUT2D eigenvalue weighted by Crippen LogP contribution is -2.27. The normalized spacial score (nSPS) is 16.4. The molecule has 146 valence electrons. The molecule has 0 aromatic carbocycles. The molecule has 5 heteroatoms. The van der Waals surface area contributed by atoms with Gasteiger partial charge < -0.3 is 13.9 Å². The molecule has 2 aromatic heterocycles. The lowest BCUT2D eigenvalue weighted by molar-refractivity contribution is -0.149. The van der Waals surface area contributed by atoms with Crippen molar-refractivity contribution in [1.29, 1.82) is 0 Å². The van der Waals surface area contributed by atoms with Crippen LogP contribution < -0.4 is 0 Å². The van der Waals surface area contributed by atoms with E-state index in [9.17, 15) is 9.59 Å². The minimum atomic E-state index is -0.284. The van der Waals surface area contributed by atoms with Gasteiger partial charge in [-0.3, -0.25) is 9.59 Å². The SMILES string of the molecule is CCCCn1cccc1C(=O)c1c(C)cc2n1CCCC2C(=O)OC(C)C. The van der Waals surface area contributed by atoms with Gasteiger partial charge in [0.25, 0.3) is 0 Å². The maximum absolute atomic E-state index is 13.3. The van der Waals surface area contributed by atoms with Crippen LogP contribution in [0.4, 0.5) is 0 Å². The summed E-state index contributed by atoms with van der Waals surface area (Å²) in [6.45, 7) is 9.46. The molecule has 0 amide bonds. The molecule has 1 aliphatic rings. The van der Waals surface area contributed by atoms with E-state index >= 15 is 0 Å². The van der Waals surface area contributed by atoms with Crippen LogP contribution in [-0.4, -0.2) is 27.0 Å². The first-order chi connectivity index (χ1) is 12.9. The molecule has 0 aliphatic carbocycles. The number of nitrogens with zero attached hydrogens (tertiary/aromatic N) is 2. The molecular formula is C22H30N2O3. The average molecular weight is 370 g/mol. The summed E-state index contributed by atoms with van der Waals surface area (Å²) >= 11 is 0. The molecule has 5 nitrogen and oxygen atoms in total. The Bertz CT molecular complexity index is 829. The highest BCUT2D eigenvalue weighted by molar-refractivity contribution is 6.08. The summed E-state index contributed by atoms with van der Waals surface area (Å²) in [6.07, 6.45) is 5.62. The predicted molar refractivity (Wildman–Crippen MR) is 105 cm³/mol. The van der Waals surface area contributed by atoms with E-state index in [2.05, 4.69) is 6.92 Å². The van der Waals surface area contributed by atoms with Crippen molar-refractivity contribution in [2.75, 3.05) is 0 Å². The van der Waals surface area contributed by atoms with E-state index < -0.39 is 0 Å². The first-order valence-corrected chi connectivity index (χ1v) is 10.0. The maximum atomic E-state index is 13.3. The van der Waals surface area contributed by atoms with Crippen LogP contribution in [0.5, 0.6) is 0 Å². The van der Waals surface area contributed by atoms with Crippen molar-refractivity contribution in [3.8, 4) is 0 Å². The van der Waals surface area contributed by atoms with Crippen molar-refractivity contribution >= 4 is 11.8 Å². The van der Waals surface area contributed by atoms with Crippen LogP contribution in [0, 0.1) is 6.92 Å². The Hall–Kier alpha value is -2.30. The van der Waals surface area contributed by atoms with Crippen LogP contribution in [-0.2, 0) is 22.6 Å². The monoisotopic (exact) mass is 370 g/mol. The number of aromatic nitrogens is 2. The van der Waals surface area contributed by atoms with E-state index in [0.717, 1.165) is 55.7 Å². The van der Waals surface area contributed by atoms with Crippen LogP contribution in [0.2, 0.25) is 0 Å². The third kappa shape index (κ3) is 3.87. The minimum absolute atomic E-state index is 0.0396. The van der Waals surface area contributed by atoms with Gasteiger partial charge in [0, 0.05) is 25.0 Å². The van der Waals surface area contributed by atoms with Gasteiger partial charge in [-0.2, -0.15) is 0 Å². The van der Waals surface area contributed by atoms with Gasteiger partial charge in [0.15, 0.2) is 0 Å². The second-order valence-electron chi connectivity index (χ2n) is 7.70. The van der Waals surface area contributed by atoms with Gasteiger partial charge in [0.05, 0.1) is 23.4 Å². The van der Waals surface area contributed by atoms with Crippen molar-refractivity contribution in [2.24, 2.45) is 0 Å². The van der Waals surface area contributed by atoms with Crippen LogP contribution in [0.3, 0.4) is 0 Å². The summed E-state index contributed by atoms with van der Waals surface area (Å²) in [4.78, 5) is 25.9. The molecule has 3 rings (SSSR count). The minimum Gasteiger partial charge on any atom is -0.462 e. The van der Waals surface area contributed by atoms with E-state index in [1.165, 1.54) is 0 Å². The van der Waals surface area contributed by atoms with E-state index in [-0.39, 0.29) is 23.8 Å². The fourth-order valence-electron chi connectivity index (χ4n) is 3.96. The van der Waals surface area contributed by atoms with Crippen LogP contribution >= 0.6 is 0 Å². The summed E-state index contributed by atoms with van der Waals surface area (Å²) in [5, 5.41) is 0. The Morgan fingerprint density at radius 1 is 1.33 bits per heavy atom. The molecule has 0 N–H and O–H groups in total. The van der Waals surface area contributed by atoms with Gasteiger partial charge in [-0.25, -0.2) is 0 Å². The molecule has 1 aliphatic heterocycles. The van der Waals surface area contributed by atoms with Gasteiger partial charge in [-0.05, 0) is 63.8 Å². The number of rotatable bonds is 7. The van der Waals surface area contributed by atoms with Gasteiger partial charge in [0.1, 0.15) is 0 Å². The molecule has 0 spiro atoms. The van der Waals surface area contributed by atoms with Crippen molar-refractivity contribution in [2.45, 2.75) is 78.5 Å². The number of aryl methyl sites for hydroxylation is 2. The number of hydrogen-bond acceptors (Lipinski definition) is 3. The highest BCUT2D eigenvalue weighted by atomic mass is 16.5. The van der Waals surface area contributed by atoms with Crippen molar-refractivity contribution in [3.63, 3.8) is 0 Å². The van der Waals surface area contributed by atoms with Crippen LogP contribution in [0.1, 0.15) is 79.8 Å². The standard InChI is InChI=1S/C22H30N2O3/c1-5-6-11-23-12-8-10-18(23)21(25)20-16(4)14-19-17(9-7-13-24(19)20)22(26)27-15(2)3/h8,10,12,14-15,17H,5-7,9,11,13H2,1-4H3. The van der Waals surface area contributed by atoms with Crippen molar-refractivity contribution in [1.82, 2.24) is 9.13 Å². The molecule has 0 saturated carbocycles. The second-order valence-corrected chi connectivity index (χ2v) is 7.70. The summed E-state index contributed by atoms with van der Waals surface area (Å²) in [5.74, 6) is -0.431. The van der Waals surface area contributed by atoms with E-state index in [1.54, 1.807) is 0 Å². The Kier molecular flexibility index (Phi) is 5.88. The molecule has 0 saturated heterocycles. The van der Waals surface area contributed by atoms with Crippen molar-refractivity contribution in [3.05, 3.63) is 47.0 Å². The lowest BCUT2D eigenvalue weighted by Gasteiger charge is -2.25. The average Bonchev–Trinajstić information content (AvgIpc) is 3.21. The first kappa shape index (κ1) is 19.5. The first-order valence-electron chi connectivity index (χ1n) is 10.0. The molecule has 1 atom stereocenters. The number of hydrogen-bond donors (Lipinski definition) is 0. The summed E-state index contributed by atoms with van der Waals surface area (Å²) in [7, 11) is 0. The van der Waals surface area contributed by atoms with Crippen molar-refractivity contribution < 1.29 is 14.3 Å². The third-order valence-corrected chi connectivity index (χ3v) is 5.22. The Morgan fingerprint density at radius 3 is 2.81 bits per heavy atom. The molecule has 3 heterocycles. The Morgan fingerprint density at radius 2 is 2.11 bits per heavy atom. The fourth-order valence-corrected chi connectivity index (χ4v) is 3.96. The zero-order valence-corrected chi connectivity index (χ0v) is 16.8. The number of carbonyl (C=O) groups excluding carboxylic acids is 2. The highest BCUT2D eigenvalue weighted by Gasteiger charge is 2.33. The Balaban J connectivity index is 1.95. The molecule has 27 heavy (non-hydrogen) atoms. The lowest BCUT2D eigenvalue weighted by atomic mass is 9.96.